The fraction of sp³-hybridized carbons (Fsp3) is 0.467. The van der Waals surface area contributed by atoms with Gasteiger partial charge in [0.05, 0.1) is 5.69 Å². The lowest BCUT2D eigenvalue weighted by Gasteiger charge is -2.22. The Morgan fingerprint density at radius 3 is 3.00 bits per heavy atom. The molecule has 100 valence electrons. The Kier molecular flexibility index (Phi) is 3.60. The van der Waals surface area contributed by atoms with Crippen molar-refractivity contribution in [3.63, 3.8) is 0 Å². The fourth-order valence-corrected chi connectivity index (χ4v) is 2.67. The lowest BCUT2D eigenvalue weighted by molar-refractivity contribution is 0.394. The third kappa shape index (κ3) is 3.01. The molecule has 4 nitrogen and oxygen atoms in total. The number of nitrogens with one attached hydrogen (secondary N) is 2. The molecule has 3 rings (SSSR count). The first kappa shape index (κ1) is 12.4. The Morgan fingerprint density at radius 1 is 1.32 bits per heavy atom. The highest BCUT2D eigenvalue weighted by Gasteiger charge is 2.15. The second kappa shape index (κ2) is 5.53. The van der Waals surface area contributed by atoms with Crippen molar-refractivity contribution in [1.82, 2.24) is 20.3 Å². The molecular formula is C15H20N4. The number of rotatable bonds is 3. The Morgan fingerprint density at radius 2 is 2.26 bits per heavy atom. The lowest BCUT2D eigenvalue weighted by Crippen LogP contribution is -2.36. The summed E-state index contributed by atoms with van der Waals surface area (Å²) in [5.41, 5.74) is 3.18. The monoisotopic (exact) mass is 256 g/mol. The molecule has 0 amide bonds. The standard InChI is InChI=1S/C15H20N4/c1-11-8-14(12-5-7-16-10-12)19-15(18-11)9-13-4-2-3-6-17-13/h5,7-8,10,13,16-17H,2-4,6,9H2,1H3. The molecule has 1 fully saturated rings. The van der Waals surface area contributed by atoms with Gasteiger partial charge < -0.3 is 10.3 Å². The maximum atomic E-state index is 4.70. The van der Waals surface area contributed by atoms with Crippen LogP contribution in [0.15, 0.2) is 24.5 Å². The van der Waals surface area contributed by atoms with Crippen molar-refractivity contribution >= 4 is 0 Å². The largest absolute Gasteiger partial charge is 0.367 e. The maximum Gasteiger partial charge on any atom is 0.130 e. The van der Waals surface area contributed by atoms with E-state index in [2.05, 4.69) is 15.3 Å². The van der Waals surface area contributed by atoms with E-state index in [1.54, 1.807) is 0 Å². The molecule has 19 heavy (non-hydrogen) atoms. The van der Waals surface area contributed by atoms with Crippen LogP contribution in [0.5, 0.6) is 0 Å². The first-order chi connectivity index (χ1) is 9.31. The molecule has 4 heteroatoms. The van der Waals surface area contributed by atoms with Gasteiger partial charge in [0.1, 0.15) is 5.82 Å². The van der Waals surface area contributed by atoms with Crippen LogP contribution in [0.3, 0.4) is 0 Å². The summed E-state index contributed by atoms with van der Waals surface area (Å²) >= 11 is 0. The first-order valence-electron chi connectivity index (χ1n) is 7.02. The molecule has 1 aliphatic heterocycles. The topological polar surface area (TPSA) is 53.6 Å². The molecule has 1 saturated heterocycles. The molecule has 0 aromatic carbocycles. The molecular weight excluding hydrogens is 236 g/mol. The van der Waals surface area contributed by atoms with Crippen LogP contribution in [0, 0.1) is 6.92 Å². The zero-order valence-electron chi connectivity index (χ0n) is 11.3. The van der Waals surface area contributed by atoms with Gasteiger partial charge >= 0.3 is 0 Å². The number of hydrogen-bond donors (Lipinski definition) is 2. The number of aryl methyl sites for hydroxylation is 1. The molecule has 0 saturated carbocycles. The normalized spacial score (nSPS) is 19.5. The SMILES string of the molecule is Cc1cc(-c2cc[nH]c2)nc(CC2CCCCN2)n1. The van der Waals surface area contributed by atoms with Crippen LogP contribution in [-0.4, -0.2) is 27.5 Å². The summed E-state index contributed by atoms with van der Waals surface area (Å²) in [5, 5.41) is 3.56. The average Bonchev–Trinajstić information content (AvgIpc) is 2.93. The molecule has 2 aromatic heterocycles. The minimum absolute atomic E-state index is 0.537. The molecule has 2 N–H and O–H groups in total. The smallest absolute Gasteiger partial charge is 0.130 e. The van der Waals surface area contributed by atoms with Crippen molar-refractivity contribution in [3.05, 3.63) is 36.0 Å². The number of aromatic amines is 1. The van der Waals surface area contributed by atoms with Gasteiger partial charge in [-0.2, -0.15) is 0 Å². The number of piperidine rings is 1. The van der Waals surface area contributed by atoms with Gasteiger partial charge in [-0.3, -0.25) is 0 Å². The highest BCUT2D eigenvalue weighted by molar-refractivity contribution is 5.58. The highest BCUT2D eigenvalue weighted by atomic mass is 15.0. The second-order valence-corrected chi connectivity index (χ2v) is 5.26. The molecule has 1 unspecified atom stereocenters. The van der Waals surface area contributed by atoms with Crippen molar-refractivity contribution in [2.45, 2.75) is 38.6 Å². The molecule has 1 atom stereocenters. The van der Waals surface area contributed by atoms with Crippen LogP contribution in [0.4, 0.5) is 0 Å². The van der Waals surface area contributed by atoms with Gasteiger partial charge in [0.15, 0.2) is 0 Å². The minimum Gasteiger partial charge on any atom is -0.367 e. The van der Waals surface area contributed by atoms with Gasteiger partial charge in [0.2, 0.25) is 0 Å². The van der Waals surface area contributed by atoms with E-state index in [0.29, 0.717) is 6.04 Å². The summed E-state index contributed by atoms with van der Waals surface area (Å²) in [6.07, 6.45) is 8.67. The van der Waals surface area contributed by atoms with Crippen LogP contribution >= 0.6 is 0 Å². The van der Waals surface area contributed by atoms with Crippen LogP contribution in [0.2, 0.25) is 0 Å². The predicted octanol–water partition coefficient (Wildman–Crippen LogP) is 2.46. The summed E-state index contributed by atoms with van der Waals surface area (Å²) in [7, 11) is 0. The Balaban J connectivity index is 1.81. The van der Waals surface area contributed by atoms with Gasteiger partial charge in [-0.25, -0.2) is 9.97 Å². The number of aromatic nitrogens is 3. The predicted molar refractivity (Wildman–Crippen MR) is 75.9 cm³/mol. The van der Waals surface area contributed by atoms with Crippen LogP contribution in [0.25, 0.3) is 11.3 Å². The molecule has 3 heterocycles. The van der Waals surface area contributed by atoms with E-state index in [1.807, 2.05) is 31.5 Å². The van der Waals surface area contributed by atoms with Crippen molar-refractivity contribution in [2.75, 3.05) is 6.54 Å². The fourth-order valence-electron chi connectivity index (χ4n) is 2.67. The number of H-pyrrole nitrogens is 1. The molecule has 1 aliphatic rings. The molecule has 0 spiro atoms. The van der Waals surface area contributed by atoms with Gasteiger partial charge in [-0.1, -0.05) is 6.42 Å². The van der Waals surface area contributed by atoms with Crippen molar-refractivity contribution in [1.29, 1.82) is 0 Å². The molecule has 0 radical (unpaired) electrons. The zero-order valence-corrected chi connectivity index (χ0v) is 11.3. The summed E-state index contributed by atoms with van der Waals surface area (Å²) in [5.74, 6) is 0.954. The first-order valence-corrected chi connectivity index (χ1v) is 7.02. The number of hydrogen-bond acceptors (Lipinski definition) is 3. The van der Waals surface area contributed by atoms with Gasteiger partial charge in [-0.05, 0) is 38.4 Å². The van der Waals surface area contributed by atoms with Gasteiger partial charge in [-0.15, -0.1) is 0 Å². The number of nitrogens with zero attached hydrogens (tertiary/aromatic N) is 2. The highest BCUT2D eigenvalue weighted by Crippen LogP contribution is 2.18. The van der Waals surface area contributed by atoms with Crippen molar-refractivity contribution < 1.29 is 0 Å². The Bertz CT molecular complexity index is 527. The van der Waals surface area contributed by atoms with Crippen molar-refractivity contribution in [2.24, 2.45) is 0 Å². The van der Waals surface area contributed by atoms with E-state index in [-0.39, 0.29) is 0 Å². The lowest BCUT2D eigenvalue weighted by atomic mass is 10.0. The third-order valence-electron chi connectivity index (χ3n) is 3.64. The Hall–Kier alpha value is -1.68. The zero-order chi connectivity index (χ0) is 13.1. The third-order valence-corrected chi connectivity index (χ3v) is 3.64. The van der Waals surface area contributed by atoms with E-state index in [4.69, 9.17) is 4.98 Å². The minimum atomic E-state index is 0.537. The Labute approximate surface area is 113 Å². The summed E-state index contributed by atoms with van der Waals surface area (Å²) in [6.45, 7) is 3.16. The maximum absolute atomic E-state index is 4.70. The van der Waals surface area contributed by atoms with E-state index >= 15 is 0 Å². The van der Waals surface area contributed by atoms with Crippen LogP contribution in [-0.2, 0) is 6.42 Å². The summed E-state index contributed by atoms with van der Waals surface area (Å²) in [4.78, 5) is 12.4. The van der Waals surface area contributed by atoms with Crippen molar-refractivity contribution in [3.8, 4) is 11.3 Å². The molecule has 0 bridgehead atoms. The van der Waals surface area contributed by atoms with E-state index in [1.165, 1.54) is 19.3 Å². The average molecular weight is 256 g/mol. The van der Waals surface area contributed by atoms with Gasteiger partial charge in [0.25, 0.3) is 0 Å². The molecule has 0 aliphatic carbocycles. The van der Waals surface area contributed by atoms with Gasteiger partial charge in [0, 0.05) is 36.1 Å². The second-order valence-electron chi connectivity index (χ2n) is 5.26. The molecule has 2 aromatic rings. The van der Waals surface area contributed by atoms with E-state index < -0.39 is 0 Å². The van der Waals surface area contributed by atoms with Crippen LogP contribution < -0.4 is 5.32 Å². The van der Waals surface area contributed by atoms with E-state index in [9.17, 15) is 0 Å². The quantitative estimate of drug-likeness (QED) is 0.887. The van der Waals surface area contributed by atoms with Crippen LogP contribution in [0.1, 0.15) is 30.8 Å². The summed E-state index contributed by atoms with van der Waals surface area (Å²) < 4.78 is 0. The summed E-state index contributed by atoms with van der Waals surface area (Å²) in [6, 6.07) is 4.63. The van der Waals surface area contributed by atoms with E-state index in [0.717, 1.165) is 35.7 Å².